The molecule has 3 aliphatic rings. The van der Waals surface area contributed by atoms with Gasteiger partial charge in [0.1, 0.15) is 0 Å². The number of carboxylic acid groups (broad SMARTS) is 1. The number of carbonyl (C=O) groups is 3. The molecule has 0 spiro atoms. The van der Waals surface area contributed by atoms with Gasteiger partial charge >= 0.3 is 6.09 Å². The van der Waals surface area contributed by atoms with Crippen molar-refractivity contribution in [3.63, 3.8) is 0 Å². The molecule has 3 amide bonds. The van der Waals surface area contributed by atoms with Crippen molar-refractivity contribution in [3.8, 4) is 0 Å². The first-order chi connectivity index (χ1) is 17.9. The van der Waals surface area contributed by atoms with E-state index in [1.807, 2.05) is 36.4 Å². The number of anilines is 1. The molecule has 1 N–H and O–H groups in total. The van der Waals surface area contributed by atoms with Crippen LogP contribution in [0.4, 0.5) is 10.5 Å². The minimum atomic E-state index is -0.944. The van der Waals surface area contributed by atoms with Gasteiger partial charge in [-0.3, -0.25) is 9.59 Å². The van der Waals surface area contributed by atoms with Gasteiger partial charge in [0.25, 0.3) is 5.91 Å². The number of piperidine rings is 1. The van der Waals surface area contributed by atoms with Crippen molar-refractivity contribution >= 4 is 39.5 Å². The van der Waals surface area contributed by atoms with Crippen LogP contribution >= 0.6 is 15.9 Å². The van der Waals surface area contributed by atoms with Crippen molar-refractivity contribution in [3.05, 3.63) is 64.1 Å². The van der Waals surface area contributed by atoms with Gasteiger partial charge in [0.05, 0.1) is 5.92 Å². The summed E-state index contributed by atoms with van der Waals surface area (Å²) in [4.78, 5) is 45.3. The van der Waals surface area contributed by atoms with Crippen LogP contribution in [-0.4, -0.2) is 83.0 Å². The molecule has 0 aromatic heterocycles. The number of hydrogen-bond acceptors (Lipinski definition) is 4. The molecule has 9 heteroatoms. The van der Waals surface area contributed by atoms with E-state index in [1.165, 1.54) is 4.90 Å². The van der Waals surface area contributed by atoms with Gasteiger partial charge in [0.15, 0.2) is 0 Å². The standard InChI is InChI=1S/C28H33BrN4O4/c29-23-8-6-20(7-9-23)18-33(24-10-11-24)27(35)22-4-2-12-32(19-22)25-5-1-3-21(17-25)26(34)30-13-15-31(16-14-30)28(36)37/h1,3,5-9,17,22,24H,2,4,10-16,18-19H2,(H,36,37)/t22-/m1/s1. The molecule has 2 saturated heterocycles. The van der Waals surface area contributed by atoms with Gasteiger partial charge in [-0.2, -0.15) is 0 Å². The molecule has 0 bridgehead atoms. The number of hydrogen-bond donors (Lipinski definition) is 1. The minimum absolute atomic E-state index is 0.0618. The summed E-state index contributed by atoms with van der Waals surface area (Å²) < 4.78 is 1.03. The maximum Gasteiger partial charge on any atom is 0.407 e. The molecule has 1 saturated carbocycles. The van der Waals surface area contributed by atoms with Gasteiger partial charge in [0, 0.05) is 67.6 Å². The first kappa shape index (κ1) is 25.6. The Morgan fingerprint density at radius 2 is 1.62 bits per heavy atom. The van der Waals surface area contributed by atoms with E-state index in [9.17, 15) is 14.4 Å². The van der Waals surface area contributed by atoms with E-state index < -0.39 is 6.09 Å². The van der Waals surface area contributed by atoms with Crippen LogP contribution in [-0.2, 0) is 11.3 Å². The zero-order chi connectivity index (χ0) is 25.9. The monoisotopic (exact) mass is 568 g/mol. The predicted octanol–water partition coefficient (Wildman–Crippen LogP) is 4.29. The lowest BCUT2D eigenvalue weighted by atomic mass is 9.95. The third kappa shape index (κ3) is 6.09. The van der Waals surface area contributed by atoms with Crippen LogP contribution in [0.1, 0.15) is 41.6 Å². The highest BCUT2D eigenvalue weighted by molar-refractivity contribution is 9.10. The van der Waals surface area contributed by atoms with E-state index >= 15 is 0 Å². The average Bonchev–Trinajstić information content (AvgIpc) is 3.78. The fourth-order valence-electron chi connectivity index (χ4n) is 5.33. The second kappa shape index (κ2) is 11.1. The Labute approximate surface area is 225 Å². The van der Waals surface area contributed by atoms with Crippen LogP contribution in [0.25, 0.3) is 0 Å². The summed E-state index contributed by atoms with van der Waals surface area (Å²) in [7, 11) is 0. The zero-order valence-electron chi connectivity index (χ0n) is 20.9. The third-order valence-electron chi connectivity index (χ3n) is 7.60. The lowest BCUT2D eigenvalue weighted by Gasteiger charge is -2.37. The number of rotatable bonds is 6. The van der Waals surface area contributed by atoms with Crippen LogP contribution in [0.15, 0.2) is 53.0 Å². The van der Waals surface area contributed by atoms with E-state index in [0.717, 1.165) is 48.0 Å². The molecule has 2 aromatic rings. The Kier molecular flexibility index (Phi) is 7.69. The first-order valence-electron chi connectivity index (χ1n) is 13.1. The highest BCUT2D eigenvalue weighted by atomic mass is 79.9. The first-order valence-corrected chi connectivity index (χ1v) is 13.9. The topological polar surface area (TPSA) is 84.4 Å². The molecule has 2 heterocycles. The summed E-state index contributed by atoms with van der Waals surface area (Å²) in [5, 5.41) is 9.16. The fraction of sp³-hybridized carbons (Fsp3) is 0.464. The van der Waals surface area contributed by atoms with E-state index in [2.05, 4.69) is 37.9 Å². The fourth-order valence-corrected chi connectivity index (χ4v) is 5.59. The molecule has 0 radical (unpaired) electrons. The molecular weight excluding hydrogens is 536 g/mol. The van der Waals surface area contributed by atoms with Crippen molar-refractivity contribution in [1.82, 2.24) is 14.7 Å². The second-order valence-electron chi connectivity index (χ2n) is 10.2. The highest BCUT2D eigenvalue weighted by Crippen LogP contribution is 2.33. The zero-order valence-corrected chi connectivity index (χ0v) is 22.5. The lowest BCUT2D eigenvalue weighted by molar-refractivity contribution is -0.137. The molecule has 1 atom stereocenters. The number of piperazine rings is 1. The summed E-state index contributed by atoms with van der Waals surface area (Å²) in [5.41, 5.74) is 2.70. The van der Waals surface area contributed by atoms with Crippen molar-refractivity contribution in [2.45, 2.75) is 38.3 Å². The van der Waals surface area contributed by atoms with Crippen molar-refractivity contribution in [2.24, 2.45) is 5.92 Å². The normalized spacial score (nSPS) is 20.0. The smallest absolute Gasteiger partial charge is 0.407 e. The number of halogens is 1. The molecule has 1 aliphatic carbocycles. The van der Waals surface area contributed by atoms with Gasteiger partial charge in [-0.05, 0) is 61.6 Å². The molecule has 2 aromatic carbocycles. The largest absolute Gasteiger partial charge is 0.465 e. The highest BCUT2D eigenvalue weighted by Gasteiger charge is 2.37. The SMILES string of the molecule is O=C(O)N1CCN(C(=O)c2cccc(N3CCC[C@@H](C(=O)N(Cc4ccc(Br)cc4)C4CC4)C3)c2)CC1. The molecule has 0 unspecified atom stereocenters. The number of carbonyl (C=O) groups excluding carboxylic acids is 2. The Bertz CT molecular complexity index is 1150. The number of amides is 3. The van der Waals surface area contributed by atoms with Crippen LogP contribution < -0.4 is 4.90 Å². The van der Waals surface area contributed by atoms with E-state index in [4.69, 9.17) is 5.11 Å². The minimum Gasteiger partial charge on any atom is -0.465 e. The van der Waals surface area contributed by atoms with Gasteiger partial charge in [-0.15, -0.1) is 0 Å². The lowest BCUT2D eigenvalue weighted by Crippen LogP contribution is -2.50. The summed E-state index contributed by atoms with van der Waals surface area (Å²) in [6.45, 7) is 3.59. The Morgan fingerprint density at radius 3 is 2.30 bits per heavy atom. The van der Waals surface area contributed by atoms with Crippen molar-refractivity contribution < 1.29 is 19.5 Å². The van der Waals surface area contributed by atoms with Crippen LogP contribution in [0.5, 0.6) is 0 Å². The molecule has 3 fully saturated rings. The Balaban J connectivity index is 1.24. The summed E-state index contributed by atoms with van der Waals surface area (Å²) in [6, 6.07) is 16.2. The van der Waals surface area contributed by atoms with Gasteiger partial charge in [-0.25, -0.2) is 4.79 Å². The maximum atomic E-state index is 13.7. The van der Waals surface area contributed by atoms with Gasteiger partial charge in [-0.1, -0.05) is 34.1 Å². The molecule has 37 heavy (non-hydrogen) atoms. The molecule has 5 rings (SSSR count). The molecule has 8 nitrogen and oxygen atoms in total. The molecule has 196 valence electrons. The Morgan fingerprint density at radius 1 is 0.919 bits per heavy atom. The van der Waals surface area contributed by atoms with E-state index in [-0.39, 0.29) is 17.7 Å². The maximum absolute atomic E-state index is 13.7. The summed E-state index contributed by atoms with van der Waals surface area (Å²) >= 11 is 3.48. The predicted molar refractivity (Wildman–Crippen MR) is 145 cm³/mol. The number of nitrogens with zero attached hydrogens (tertiary/aromatic N) is 4. The summed E-state index contributed by atoms with van der Waals surface area (Å²) in [6.07, 6.45) is 3.02. The van der Waals surface area contributed by atoms with Crippen molar-refractivity contribution in [2.75, 3.05) is 44.2 Å². The molecular formula is C28H33BrN4O4. The van der Waals surface area contributed by atoms with Gasteiger partial charge < -0.3 is 24.7 Å². The van der Waals surface area contributed by atoms with E-state index in [1.54, 1.807) is 4.90 Å². The van der Waals surface area contributed by atoms with Crippen LogP contribution in [0.3, 0.4) is 0 Å². The summed E-state index contributed by atoms with van der Waals surface area (Å²) in [5.74, 6) is 0.0952. The van der Waals surface area contributed by atoms with Crippen LogP contribution in [0, 0.1) is 5.92 Å². The van der Waals surface area contributed by atoms with Crippen LogP contribution in [0.2, 0.25) is 0 Å². The second-order valence-corrected chi connectivity index (χ2v) is 11.1. The van der Waals surface area contributed by atoms with Gasteiger partial charge in [0.2, 0.25) is 5.91 Å². The van der Waals surface area contributed by atoms with Crippen molar-refractivity contribution in [1.29, 1.82) is 0 Å². The quantitative estimate of drug-likeness (QED) is 0.561. The number of benzene rings is 2. The third-order valence-corrected chi connectivity index (χ3v) is 8.13. The molecule has 2 aliphatic heterocycles. The van der Waals surface area contributed by atoms with E-state index in [0.29, 0.717) is 50.9 Å². The average molecular weight is 569 g/mol. The Hall–Kier alpha value is -3.07.